The summed E-state index contributed by atoms with van der Waals surface area (Å²) in [5.41, 5.74) is 0. The van der Waals surface area contributed by atoms with Gasteiger partial charge in [-0.3, -0.25) is 0 Å². The van der Waals surface area contributed by atoms with Crippen LogP contribution in [0.3, 0.4) is 0 Å². The van der Waals surface area contributed by atoms with Crippen molar-refractivity contribution in [2.24, 2.45) is 11.8 Å². The normalized spacial score (nSPS) is 29.8. The van der Waals surface area contributed by atoms with Crippen LogP contribution in [0.2, 0.25) is 0 Å². The largest absolute Gasteiger partial charge is 0.411 e. The third-order valence-electron chi connectivity index (χ3n) is 3.60. The van der Waals surface area contributed by atoms with E-state index in [0.29, 0.717) is 18.4 Å². The maximum atomic E-state index is 11.8. The molecule has 0 bridgehead atoms. The lowest BCUT2D eigenvalue weighted by molar-refractivity contribution is -0.173. The standard InChI is InChI=1S/C12H22F3NO/c1-9-4-5-11(10(9)2)16-6-3-7-17-8-12(13,14)15/h9-11,16H,3-8H2,1-2H3. The van der Waals surface area contributed by atoms with Crippen molar-refractivity contribution in [3.8, 4) is 0 Å². The van der Waals surface area contributed by atoms with E-state index in [0.717, 1.165) is 12.5 Å². The number of halogens is 3. The Kier molecular flexibility index (Phi) is 5.73. The summed E-state index contributed by atoms with van der Waals surface area (Å²) in [5, 5.41) is 3.40. The Morgan fingerprint density at radius 2 is 1.94 bits per heavy atom. The molecule has 1 saturated carbocycles. The van der Waals surface area contributed by atoms with Crippen LogP contribution >= 0.6 is 0 Å². The van der Waals surface area contributed by atoms with Gasteiger partial charge in [0.15, 0.2) is 0 Å². The fourth-order valence-electron chi connectivity index (χ4n) is 2.30. The predicted molar refractivity (Wildman–Crippen MR) is 60.8 cm³/mol. The van der Waals surface area contributed by atoms with Crippen LogP contribution < -0.4 is 5.32 Å². The van der Waals surface area contributed by atoms with Gasteiger partial charge in [0.2, 0.25) is 0 Å². The molecule has 0 aromatic heterocycles. The minimum Gasteiger partial charge on any atom is -0.372 e. The predicted octanol–water partition coefficient (Wildman–Crippen LogP) is 2.98. The second kappa shape index (κ2) is 6.59. The molecule has 0 spiro atoms. The fourth-order valence-corrected chi connectivity index (χ4v) is 2.30. The first-order chi connectivity index (χ1) is 7.90. The van der Waals surface area contributed by atoms with Crippen LogP contribution in [0.25, 0.3) is 0 Å². The van der Waals surface area contributed by atoms with Crippen LogP contribution in [0.4, 0.5) is 13.2 Å². The number of hydrogen-bond donors (Lipinski definition) is 1. The maximum absolute atomic E-state index is 11.8. The van der Waals surface area contributed by atoms with E-state index in [1.807, 2.05) is 0 Å². The van der Waals surface area contributed by atoms with Gasteiger partial charge in [0.1, 0.15) is 6.61 Å². The summed E-state index contributed by atoms with van der Waals surface area (Å²) in [5.74, 6) is 1.40. The summed E-state index contributed by atoms with van der Waals surface area (Å²) < 4.78 is 39.8. The molecule has 1 aliphatic carbocycles. The smallest absolute Gasteiger partial charge is 0.372 e. The second-order valence-electron chi connectivity index (χ2n) is 5.00. The van der Waals surface area contributed by atoms with Crippen LogP contribution in [0.5, 0.6) is 0 Å². The first-order valence-corrected chi connectivity index (χ1v) is 6.28. The molecule has 1 rings (SSSR count). The van der Waals surface area contributed by atoms with E-state index < -0.39 is 12.8 Å². The topological polar surface area (TPSA) is 21.3 Å². The Balaban J connectivity index is 1.98. The minimum atomic E-state index is -4.21. The Bertz CT molecular complexity index is 220. The van der Waals surface area contributed by atoms with Gasteiger partial charge in [0, 0.05) is 12.6 Å². The zero-order chi connectivity index (χ0) is 12.9. The third kappa shape index (κ3) is 5.73. The molecular weight excluding hydrogens is 231 g/mol. The molecule has 2 nitrogen and oxygen atoms in total. The lowest BCUT2D eigenvalue weighted by Gasteiger charge is -2.19. The van der Waals surface area contributed by atoms with E-state index in [1.54, 1.807) is 0 Å². The highest BCUT2D eigenvalue weighted by Crippen LogP contribution is 2.30. The molecule has 0 aromatic carbocycles. The first kappa shape index (κ1) is 14.8. The van der Waals surface area contributed by atoms with Crippen LogP contribution in [-0.2, 0) is 4.74 Å². The van der Waals surface area contributed by atoms with Crippen molar-refractivity contribution in [2.45, 2.75) is 45.3 Å². The van der Waals surface area contributed by atoms with E-state index in [4.69, 9.17) is 0 Å². The van der Waals surface area contributed by atoms with Crippen molar-refractivity contribution < 1.29 is 17.9 Å². The minimum absolute atomic E-state index is 0.170. The molecular formula is C12H22F3NO. The number of nitrogens with one attached hydrogen (secondary N) is 1. The highest BCUT2D eigenvalue weighted by molar-refractivity contribution is 4.84. The SMILES string of the molecule is CC1CCC(NCCCOCC(F)(F)F)C1C. The first-order valence-electron chi connectivity index (χ1n) is 6.28. The van der Waals surface area contributed by atoms with Crippen LogP contribution in [0, 0.1) is 11.8 Å². The van der Waals surface area contributed by atoms with E-state index in [9.17, 15) is 13.2 Å². The summed E-state index contributed by atoms with van der Waals surface area (Å²) in [6.07, 6.45) is -1.16. The molecule has 0 aliphatic heterocycles. The average Bonchev–Trinajstić information content (AvgIpc) is 2.53. The third-order valence-corrected chi connectivity index (χ3v) is 3.60. The highest BCUT2D eigenvalue weighted by Gasteiger charge is 2.29. The number of ether oxygens (including phenoxy) is 1. The fraction of sp³-hybridized carbons (Fsp3) is 1.00. The highest BCUT2D eigenvalue weighted by atomic mass is 19.4. The molecule has 0 aromatic rings. The zero-order valence-corrected chi connectivity index (χ0v) is 10.5. The van der Waals surface area contributed by atoms with Crippen molar-refractivity contribution in [2.75, 3.05) is 19.8 Å². The van der Waals surface area contributed by atoms with Crippen molar-refractivity contribution >= 4 is 0 Å². The van der Waals surface area contributed by atoms with Crippen LogP contribution in [0.15, 0.2) is 0 Å². The Morgan fingerprint density at radius 3 is 2.47 bits per heavy atom. The van der Waals surface area contributed by atoms with Crippen molar-refractivity contribution in [1.82, 2.24) is 5.32 Å². The molecule has 1 N–H and O–H groups in total. The van der Waals surface area contributed by atoms with Gasteiger partial charge in [-0.2, -0.15) is 13.2 Å². The van der Waals surface area contributed by atoms with Gasteiger partial charge in [-0.1, -0.05) is 13.8 Å². The molecule has 3 atom stereocenters. The zero-order valence-electron chi connectivity index (χ0n) is 10.5. The van der Waals surface area contributed by atoms with Gasteiger partial charge in [-0.15, -0.1) is 0 Å². The maximum Gasteiger partial charge on any atom is 0.411 e. The summed E-state index contributed by atoms with van der Waals surface area (Å²) in [6, 6.07) is 0.521. The van der Waals surface area contributed by atoms with E-state index in [2.05, 4.69) is 23.9 Å². The molecule has 17 heavy (non-hydrogen) atoms. The van der Waals surface area contributed by atoms with Gasteiger partial charge in [-0.25, -0.2) is 0 Å². The molecule has 0 saturated heterocycles. The Morgan fingerprint density at radius 1 is 1.24 bits per heavy atom. The summed E-state index contributed by atoms with van der Waals surface area (Å²) in [4.78, 5) is 0. The number of alkyl halides is 3. The Labute approximate surface area is 101 Å². The van der Waals surface area contributed by atoms with E-state index >= 15 is 0 Å². The average molecular weight is 253 g/mol. The quantitative estimate of drug-likeness (QED) is 0.735. The van der Waals surface area contributed by atoms with Crippen LogP contribution in [0.1, 0.15) is 33.1 Å². The van der Waals surface area contributed by atoms with Crippen LogP contribution in [-0.4, -0.2) is 32.0 Å². The molecule has 3 unspecified atom stereocenters. The lowest BCUT2D eigenvalue weighted by Crippen LogP contribution is -2.33. The molecule has 0 heterocycles. The molecule has 0 amide bonds. The van der Waals surface area contributed by atoms with Gasteiger partial charge < -0.3 is 10.1 Å². The number of hydrogen-bond acceptors (Lipinski definition) is 2. The summed E-state index contributed by atoms with van der Waals surface area (Å²) in [6.45, 7) is 4.25. The molecule has 5 heteroatoms. The van der Waals surface area contributed by atoms with Crippen molar-refractivity contribution in [3.05, 3.63) is 0 Å². The summed E-state index contributed by atoms with van der Waals surface area (Å²) in [7, 11) is 0. The lowest BCUT2D eigenvalue weighted by atomic mass is 9.98. The van der Waals surface area contributed by atoms with Crippen molar-refractivity contribution in [3.63, 3.8) is 0 Å². The van der Waals surface area contributed by atoms with Crippen molar-refractivity contribution in [1.29, 1.82) is 0 Å². The Hall–Kier alpha value is -0.290. The molecule has 1 aliphatic rings. The second-order valence-corrected chi connectivity index (χ2v) is 5.00. The molecule has 1 fully saturated rings. The molecule has 102 valence electrons. The van der Waals surface area contributed by atoms with E-state index in [1.165, 1.54) is 12.8 Å². The van der Waals surface area contributed by atoms with Gasteiger partial charge >= 0.3 is 6.18 Å². The van der Waals surface area contributed by atoms with Gasteiger partial charge in [0.25, 0.3) is 0 Å². The monoisotopic (exact) mass is 253 g/mol. The van der Waals surface area contributed by atoms with Gasteiger partial charge in [-0.05, 0) is 37.6 Å². The van der Waals surface area contributed by atoms with E-state index in [-0.39, 0.29) is 6.61 Å². The summed E-state index contributed by atoms with van der Waals surface area (Å²) >= 11 is 0. The van der Waals surface area contributed by atoms with Gasteiger partial charge in [0.05, 0.1) is 0 Å². The number of rotatable bonds is 6. The molecule has 0 radical (unpaired) electrons.